The monoisotopic (exact) mass is 457 g/mol. The van der Waals surface area contributed by atoms with E-state index in [2.05, 4.69) is 0 Å². The highest BCUT2D eigenvalue weighted by molar-refractivity contribution is 8.19. The number of aliphatic carboxylic acids is 1. The number of nitrogens with zero attached hydrogens (tertiary/aromatic N) is 1. The molecule has 0 aliphatic carbocycles. The molecule has 32 heavy (non-hydrogen) atoms. The number of benzene rings is 2. The van der Waals surface area contributed by atoms with Gasteiger partial charge in [0.2, 0.25) is 0 Å². The van der Waals surface area contributed by atoms with Crippen molar-refractivity contribution in [3.05, 3.63) is 52.9 Å². The minimum Gasteiger partial charge on any atom is -0.495 e. The first-order chi connectivity index (χ1) is 15.4. The van der Waals surface area contributed by atoms with E-state index in [0.29, 0.717) is 41.5 Å². The Hall–Kier alpha value is -3.46. The van der Waals surface area contributed by atoms with Crippen LogP contribution in [0.4, 0.5) is 10.5 Å². The lowest BCUT2D eigenvalue weighted by atomic mass is 10.1. The van der Waals surface area contributed by atoms with Crippen molar-refractivity contribution >= 4 is 40.6 Å². The third-order valence-electron chi connectivity index (χ3n) is 4.60. The third-order valence-corrected chi connectivity index (χ3v) is 5.47. The molecular weight excluding hydrogens is 434 g/mol. The maximum atomic E-state index is 13.0. The second-order valence-corrected chi connectivity index (χ2v) is 7.67. The summed E-state index contributed by atoms with van der Waals surface area (Å²) < 4.78 is 16.5. The zero-order valence-corrected chi connectivity index (χ0v) is 18.7. The van der Waals surface area contributed by atoms with E-state index in [1.54, 1.807) is 62.4 Å². The molecule has 1 saturated heterocycles. The molecule has 1 heterocycles. The smallest absolute Gasteiger partial charge is 0.344 e. The molecule has 1 atom stereocenters. The van der Waals surface area contributed by atoms with Gasteiger partial charge in [0, 0.05) is 0 Å². The van der Waals surface area contributed by atoms with E-state index in [1.165, 1.54) is 7.11 Å². The average molecular weight is 458 g/mol. The van der Waals surface area contributed by atoms with Gasteiger partial charge in [0.25, 0.3) is 11.1 Å². The highest BCUT2D eigenvalue weighted by Crippen LogP contribution is 2.40. The normalized spacial score (nSPS) is 15.7. The van der Waals surface area contributed by atoms with Gasteiger partial charge in [0.1, 0.15) is 5.75 Å². The lowest BCUT2D eigenvalue weighted by Crippen LogP contribution is -2.28. The maximum Gasteiger partial charge on any atom is 0.344 e. The van der Waals surface area contributed by atoms with Gasteiger partial charge < -0.3 is 19.3 Å². The standard InChI is InChI=1S/C23H23NO7S/c1-4-16(22(26)27)31-18-11-10-14(12-19(18)30-5-2)13-20-21(25)24(23(28)32-20)15-8-6-7-9-17(15)29-3/h6-13,16H,4-5H2,1-3H3,(H,26,27)/b20-13+. The first-order valence-corrected chi connectivity index (χ1v) is 10.8. The molecule has 168 valence electrons. The van der Waals surface area contributed by atoms with E-state index in [4.69, 9.17) is 14.2 Å². The van der Waals surface area contributed by atoms with Crippen molar-refractivity contribution in [1.29, 1.82) is 0 Å². The van der Waals surface area contributed by atoms with Gasteiger partial charge in [-0.15, -0.1) is 0 Å². The molecule has 0 saturated carbocycles. The van der Waals surface area contributed by atoms with Crippen LogP contribution in [0.2, 0.25) is 0 Å². The number of hydrogen-bond acceptors (Lipinski definition) is 7. The molecule has 0 radical (unpaired) electrons. The number of rotatable bonds is 9. The van der Waals surface area contributed by atoms with Crippen LogP contribution in [0.3, 0.4) is 0 Å². The zero-order valence-electron chi connectivity index (χ0n) is 17.9. The average Bonchev–Trinajstić information content (AvgIpc) is 3.05. The second-order valence-electron chi connectivity index (χ2n) is 6.68. The SMILES string of the molecule is CCOc1cc(/C=C2/SC(=O)N(c3ccccc3OC)C2=O)ccc1OC(CC)C(=O)O. The van der Waals surface area contributed by atoms with E-state index >= 15 is 0 Å². The molecule has 1 unspecified atom stereocenters. The number of thioether (sulfide) groups is 1. The Morgan fingerprint density at radius 1 is 1.12 bits per heavy atom. The van der Waals surface area contributed by atoms with Crippen LogP contribution in [0.1, 0.15) is 25.8 Å². The maximum absolute atomic E-state index is 13.0. The minimum absolute atomic E-state index is 0.244. The molecule has 1 aliphatic rings. The van der Waals surface area contributed by atoms with Crippen molar-refractivity contribution in [3.63, 3.8) is 0 Å². The number of amides is 2. The second kappa shape index (κ2) is 10.2. The lowest BCUT2D eigenvalue weighted by Gasteiger charge is -2.17. The van der Waals surface area contributed by atoms with Crippen LogP contribution in [0.25, 0.3) is 6.08 Å². The first-order valence-electron chi connectivity index (χ1n) is 9.96. The van der Waals surface area contributed by atoms with Gasteiger partial charge in [0.05, 0.1) is 24.3 Å². The van der Waals surface area contributed by atoms with Crippen molar-refractivity contribution in [1.82, 2.24) is 0 Å². The molecule has 0 aromatic heterocycles. The van der Waals surface area contributed by atoms with Crippen LogP contribution in [-0.4, -0.2) is 42.0 Å². The number of carboxylic acids is 1. The van der Waals surface area contributed by atoms with E-state index in [-0.39, 0.29) is 4.91 Å². The number of hydrogen-bond donors (Lipinski definition) is 1. The van der Waals surface area contributed by atoms with Crippen molar-refractivity contribution in [2.45, 2.75) is 26.4 Å². The molecule has 2 aromatic carbocycles. The van der Waals surface area contributed by atoms with Gasteiger partial charge in [-0.2, -0.15) is 0 Å². The van der Waals surface area contributed by atoms with Crippen LogP contribution in [0, 0.1) is 0 Å². The van der Waals surface area contributed by atoms with Crippen LogP contribution >= 0.6 is 11.8 Å². The molecule has 0 spiro atoms. The number of carbonyl (C=O) groups excluding carboxylic acids is 2. The summed E-state index contributed by atoms with van der Waals surface area (Å²) in [7, 11) is 1.47. The highest BCUT2D eigenvalue weighted by Gasteiger charge is 2.37. The van der Waals surface area contributed by atoms with Crippen LogP contribution in [0.15, 0.2) is 47.4 Å². The number of ether oxygens (including phenoxy) is 3. The summed E-state index contributed by atoms with van der Waals surface area (Å²) in [5, 5.41) is 8.82. The van der Waals surface area contributed by atoms with Gasteiger partial charge in [-0.25, -0.2) is 9.69 Å². The fraction of sp³-hybridized carbons (Fsp3) is 0.261. The Bertz CT molecular complexity index is 1070. The van der Waals surface area contributed by atoms with Gasteiger partial charge in [-0.05, 0) is 61.0 Å². The lowest BCUT2D eigenvalue weighted by molar-refractivity contribution is -0.145. The predicted octanol–water partition coefficient (Wildman–Crippen LogP) is 4.58. The molecule has 3 rings (SSSR count). The molecule has 1 N–H and O–H groups in total. The fourth-order valence-electron chi connectivity index (χ4n) is 3.08. The van der Waals surface area contributed by atoms with Crippen LogP contribution in [0.5, 0.6) is 17.2 Å². The van der Waals surface area contributed by atoms with Crippen molar-refractivity contribution in [2.24, 2.45) is 0 Å². The summed E-state index contributed by atoms with van der Waals surface area (Å²) in [4.78, 5) is 38.2. The predicted molar refractivity (Wildman–Crippen MR) is 121 cm³/mol. The van der Waals surface area contributed by atoms with Gasteiger partial charge >= 0.3 is 5.97 Å². The number of methoxy groups -OCH3 is 1. The molecule has 2 aromatic rings. The highest BCUT2D eigenvalue weighted by atomic mass is 32.2. The van der Waals surface area contributed by atoms with Crippen LogP contribution < -0.4 is 19.1 Å². The van der Waals surface area contributed by atoms with Gasteiger partial charge in [-0.1, -0.05) is 25.1 Å². The number of carboxylic acid groups (broad SMARTS) is 1. The Labute approximate surface area is 189 Å². The summed E-state index contributed by atoms with van der Waals surface area (Å²) in [6.07, 6.45) is 0.872. The summed E-state index contributed by atoms with van der Waals surface area (Å²) in [5.41, 5.74) is 0.980. The van der Waals surface area contributed by atoms with Gasteiger partial charge in [0.15, 0.2) is 17.6 Å². The molecular formula is C23H23NO7S. The zero-order chi connectivity index (χ0) is 23.3. The number of anilines is 1. The molecule has 8 nitrogen and oxygen atoms in total. The number of para-hydroxylation sites is 2. The largest absolute Gasteiger partial charge is 0.495 e. The Morgan fingerprint density at radius 2 is 1.88 bits per heavy atom. The summed E-state index contributed by atoms with van der Waals surface area (Å²) in [6.45, 7) is 3.85. The van der Waals surface area contributed by atoms with Crippen molar-refractivity contribution in [3.8, 4) is 17.2 Å². The Kier molecular flexibility index (Phi) is 7.42. The fourth-order valence-corrected chi connectivity index (χ4v) is 3.92. The topological polar surface area (TPSA) is 102 Å². The Balaban J connectivity index is 1.91. The molecule has 1 fully saturated rings. The van der Waals surface area contributed by atoms with Crippen LogP contribution in [-0.2, 0) is 9.59 Å². The van der Waals surface area contributed by atoms with Crippen molar-refractivity contribution < 1.29 is 33.7 Å². The quantitative estimate of drug-likeness (QED) is 0.546. The number of carbonyl (C=O) groups is 3. The molecule has 0 bridgehead atoms. The first kappa shape index (κ1) is 23.2. The van der Waals surface area contributed by atoms with E-state index < -0.39 is 23.2 Å². The minimum atomic E-state index is -1.07. The molecule has 1 aliphatic heterocycles. The van der Waals surface area contributed by atoms with E-state index in [9.17, 15) is 19.5 Å². The third kappa shape index (κ3) is 4.88. The summed E-state index contributed by atoms with van der Waals surface area (Å²) in [6, 6.07) is 11.7. The molecule has 2 amide bonds. The summed E-state index contributed by atoms with van der Waals surface area (Å²) >= 11 is 0.825. The van der Waals surface area contributed by atoms with E-state index in [1.807, 2.05) is 0 Å². The van der Waals surface area contributed by atoms with E-state index in [0.717, 1.165) is 16.7 Å². The summed E-state index contributed by atoms with van der Waals surface area (Å²) in [5.74, 6) is -0.464. The Morgan fingerprint density at radius 3 is 2.53 bits per heavy atom. The van der Waals surface area contributed by atoms with Crippen molar-refractivity contribution in [2.75, 3.05) is 18.6 Å². The van der Waals surface area contributed by atoms with Gasteiger partial charge in [-0.3, -0.25) is 9.59 Å². The molecule has 9 heteroatoms. The number of imide groups is 1.